The minimum Gasteiger partial charge on any atom is -0.333 e. The lowest BCUT2D eigenvalue weighted by atomic mass is 10.1. The molecule has 3 heterocycles. The molecule has 0 bridgehead atoms. The van der Waals surface area contributed by atoms with Crippen LogP contribution in [0.4, 0.5) is 0 Å². The molecule has 1 amide bonds. The normalized spacial score (nSPS) is 15.5. The minimum atomic E-state index is -3.72. The molecule has 1 N–H and O–H groups in total. The number of fused-ring (bicyclic) bond motifs is 2. The number of piperazine rings is 1. The average Bonchev–Trinajstić information content (AvgIpc) is 3.27. The number of H-pyrrole nitrogens is 1. The van der Waals surface area contributed by atoms with Crippen LogP contribution in [0.15, 0.2) is 57.5 Å². The zero-order valence-electron chi connectivity index (χ0n) is 16.6. The SMILES string of the molecule is O=C(c1nc2ccsc2c(=O)[nH]1)N1CCN(S(=O)(=O)c2ccc3cc(Cl)ccc3c2)CC1. The second-order valence-electron chi connectivity index (χ2n) is 7.40. The molecule has 4 aromatic rings. The summed E-state index contributed by atoms with van der Waals surface area (Å²) in [6.45, 7) is 0.703. The molecule has 8 nitrogen and oxygen atoms in total. The van der Waals surface area contributed by atoms with Crippen molar-refractivity contribution in [3.8, 4) is 0 Å². The van der Waals surface area contributed by atoms with Crippen molar-refractivity contribution in [1.82, 2.24) is 19.2 Å². The van der Waals surface area contributed by atoms with Crippen LogP contribution in [-0.2, 0) is 10.0 Å². The van der Waals surface area contributed by atoms with E-state index in [4.69, 9.17) is 11.6 Å². The minimum absolute atomic E-state index is 0.0367. The second-order valence-corrected chi connectivity index (χ2v) is 10.7. The molecule has 1 fully saturated rings. The van der Waals surface area contributed by atoms with Gasteiger partial charge in [0, 0.05) is 31.2 Å². The largest absolute Gasteiger partial charge is 0.333 e. The summed E-state index contributed by atoms with van der Waals surface area (Å²) in [6, 6.07) is 11.9. The van der Waals surface area contributed by atoms with Crippen LogP contribution in [0.1, 0.15) is 10.6 Å². The fourth-order valence-corrected chi connectivity index (χ4v) is 6.12. The zero-order chi connectivity index (χ0) is 22.5. The third kappa shape index (κ3) is 3.69. The van der Waals surface area contributed by atoms with Gasteiger partial charge in [-0.2, -0.15) is 4.31 Å². The predicted molar refractivity (Wildman–Crippen MR) is 124 cm³/mol. The Hall–Kier alpha value is -2.79. The van der Waals surface area contributed by atoms with Gasteiger partial charge in [0.05, 0.1) is 10.4 Å². The zero-order valence-corrected chi connectivity index (χ0v) is 19.0. The first kappa shape index (κ1) is 21.1. The Labute approximate surface area is 192 Å². The van der Waals surface area contributed by atoms with Crippen LogP contribution in [-0.4, -0.2) is 59.7 Å². The molecule has 32 heavy (non-hydrogen) atoms. The standard InChI is InChI=1S/C21H17ClN4O4S2/c22-15-3-1-14-12-16(4-2-13(14)11-15)32(29,30)26-8-6-25(7-9-26)21(28)19-23-17-5-10-31-18(17)20(27)24-19/h1-5,10-12H,6-9H2,(H,23,24,27). The summed E-state index contributed by atoms with van der Waals surface area (Å²) in [5.41, 5.74) is 0.119. The first-order chi connectivity index (χ1) is 15.3. The first-order valence-corrected chi connectivity index (χ1v) is 12.5. The molecule has 164 valence electrons. The van der Waals surface area contributed by atoms with Crippen molar-refractivity contribution < 1.29 is 13.2 Å². The topological polar surface area (TPSA) is 103 Å². The number of nitrogens with one attached hydrogen (secondary N) is 1. The van der Waals surface area contributed by atoms with Crippen molar-refractivity contribution in [3.05, 3.63) is 69.0 Å². The van der Waals surface area contributed by atoms with Crippen LogP contribution in [0.25, 0.3) is 21.0 Å². The molecule has 11 heteroatoms. The molecule has 0 spiro atoms. The van der Waals surface area contributed by atoms with Gasteiger partial charge in [-0.3, -0.25) is 9.59 Å². The van der Waals surface area contributed by atoms with E-state index in [0.29, 0.717) is 15.2 Å². The van der Waals surface area contributed by atoms with E-state index in [1.54, 1.807) is 47.8 Å². The van der Waals surface area contributed by atoms with Crippen molar-refractivity contribution in [2.24, 2.45) is 0 Å². The summed E-state index contributed by atoms with van der Waals surface area (Å²) >= 11 is 7.26. The van der Waals surface area contributed by atoms with Crippen LogP contribution < -0.4 is 5.56 Å². The number of thiophene rings is 1. The molecule has 0 radical (unpaired) electrons. The Morgan fingerprint density at radius 3 is 2.53 bits per heavy atom. The highest BCUT2D eigenvalue weighted by molar-refractivity contribution is 7.89. The van der Waals surface area contributed by atoms with Crippen molar-refractivity contribution in [1.29, 1.82) is 0 Å². The van der Waals surface area contributed by atoms with E-state index >= 15 is 0 Å². The van der Waals surface area contributed by atoms with Gasteiger partial charge in [0.15, 0.2) is 5.82 Å². The van der Waals surface area contributed by atoms with Gasteiger partial charge >= 0.3 is 0 Å². The predicted octanol–water partition coefficient (Wildman–Crippen LogP) is 2.94. The van der Waals surface area contributed by atoms with Crippen molar-refractivity contribution in [3.63, 3.8) is 0 Å². The Morgan fingerprint density at radius 2 is 1.75 bits per heavy atom. The highest BCUT2D eigenvalue weighted by atomic mass is 35.5. The Morgan fingerprint density at radius 1 is 1.03 bits per heavy atom. The molecule has 5 rings (SSSR count). The number of carbonyl (C=O) groups is 1. The van der Waals surface area contributed by atoms with Gasteiger partial charge in [-0.25, -0.2) is 13.4 Å². The average molecular weight is 489 g/mol. The van der Waals surface area contributed by atoms with Crippen molar-refractivity contribution >= 4 is 59.9 Å². The summed E-state index contributed by atoms with van der Waals surface area (Å²) in [6.07, 6.45) is 0. The fourth-order valence-electron chi connectivity index (χ4n) is 3.76. The maximum atomic E-state index is 13.1. The van der Waals surface area contributed by atoms with Crippen molar-refractivity contribution in [2.75, 3.05) is 26.2 Å². The summed E-state index contributed by atoms with van der Waals surface area (Å²) in [7, 11) is -3.72. The smallest absolute Gasteiger partial charge is 0.289 e. The number of carbonyl (C=O) groups excluding carboxylic acids is 1. The van der Waals surface area contributed by atoms with Crippen LogP contribution in [0.2, 0.25) is 5.02 Å². The van der Waals surface area contributed by atoms with Crippen LogP contribution in [0, 0.1) is 0 Å². The second kappa shape index (κ2) is 7.96. The van der Waals surface area contributed by atoms with Gasteiger partial charge in [-0.1, -0.05) is 23.7 Å². The monoisotopic (exact) mass is 488 g/mol. The molecule has 0 aliphatic carbocycles. The number of nitrogens with zero attached hydrogens (tertiary/aromatic N) is 3. The highest BCUT2D eigenvalue weighted by Gasteiger charge is 2.31. The number of hydrogen-bond donors (Lipinski definition) is 1. The van der Waals surface area contributed by atoms with Gasteiger partial charge < -0.3 is 9.88 Å². The van der Waals surface area contributed by atoms with Crippen molar-refractivity contribution in [2.45, 2.75) is 4.90 Å². The summed E-state index contributed by atoms with van der Waals surface area (Å²) in [4.78, 5) is 33.5. The van der Waals surface area contributed by atoms with Gasteiger partial charge in [0.1, 0.15) is 4.70 Å². The van der Waals surface area contributed by atoms with E-state index in [2.05, 4.69) is 9.97 Å². The lowest BCUT2D eigenvalue weighted by molar-refractivity contribution is 0.0685. The first-order valence-electron chi connectivity index (χ1n) is 9.79. The molecule has 2 aromatic carbocycles. The summed E-state index contributed by atoms with van der Waals surface area (Å²) < 4.78 is 28.1. The lowest BCUT2D eigenvalue weighted by Gasteiger charge is -2.33. The Balaban J connectivity index is 1.33. The van der Waals surface area contributed by atoms with E-state index in [0.717, 1.165) is 10.8 Å². The van der Waals surface area contributed by atoms with Gasteiger partial charge in [0.2, 0.25) is 10.0 Å². The Bertz CT molecular complexity index is 1520. The molecule has 1 aliphatic rings. The maximum Gasteiger partial charge on any atom is 0.289 e. The molecular weight excluding hydrogens is 472 g/mol. The number of halogens is 1. The summed E-state index contributed by atoms with van der Waals surface area (Å²) in [5.74, 6) is -0.458. The quantitative estimate of drug-likeness (QED) is 0.477. The third-order valence-electron chi connectivity index (χ3n) is 5.45. The van der Waals surface area contributed by atoms with E-state index in [1.165, 1.54) is 20.5 Å². The van der Waals surface area contributed by atoms with Gasteiger partial charge in [0.25, 0.3) is 11.5 Å². The molecule has 2 aromatic heterocycles. The number of rotatable bonds is 3. The van der Waals surface area contributed by atoms with E-state index in [-0.39, 0.29) is 42.5 Å². The maximum absolute atomic E-state index is 13.1. The van der Waals surface area contributed by atoms with E-state index in [9.17, 15) is 18.0 Å². The highest BCUT2D eigenvalue weighted by Crippen LogP contribution is 2.25. The third-order valence-corrected chi connectivity index (χ3v) is 8.49. The van der Waals surface area contributed by atoms with Crippen LogP contribution in [0.5, 0.6) is 0 Å². The van der Waals surface area contributed by atoms with Gasteiger partial charge in [-0.15, -0.1) is 11.3 Å². The molecule has 0 unspecified atom stereocenters. The number of aromatic amines is 1. The van der Waals surface area contributed by atoms with E-state index in [1.807, 2.05) is 0 Å². The number of aromatic nitrogens is 2. The molecule has 0 atom stereocenters. The fraction of sp³-hybridized carbons (Fsp3) is 0.190. The molecule has 1 aliphatic heterocycles. The van der Waals surface area contributed by atoms with Crippen LogP contribution >= 0.6 is 22.9 Å². The van der Waals surface area contributed by atoms with Gasteiger partial charge in [-0.05, 0) is 46.5 Å². The number of benzene rings is 2. The molecule has 0 saturated carbocycles. The van der Waals surface area contributed by atoms with E-state index < -0.39 is 15.9 Å². The van der Waals surface area contributed by atoms with Crippen LogP contribution in [0.3, 0.4) is 0 Å². The number of hydrogen-bond acceptors (Lipinski definition) is 6. The molecule has 1 saturated heterocycles. The number of amides is 1. The summed E-state index contributed by atoms with van der Waals surface area (Å²) in [5, 5.41) is 3.97. The molecular formula is C21H17ClN4O4S2. The Kier molecular flexibility index (Phi) is 5.25. The number of sulfonamides is 1. The lowest BCUT2D eigenvalue weighted by Crippen LogP contribution is -2.50.